The molecule has 1 heterocycles. The van der Waals surface area contributed by atoms with Crippen molar-refractivity contribution in [1.29, 1.82) is 0 Å². The van der Waals surface area contributed by atoms with E-state index in [-0.39, 0.29) is 10.8 Å². The summed E-state index contributed by atoms with van der Waals surface area (Å²) in [5.74, 6) is 3.07. The van der Waals surface area contributed by atoms with Crippen molar-refractivity contribution in [2.75, 3.05) is 24.7 Å². The summed E-state index contributed by atoms with van der Waals surface area (Å²) in [6.45, 7) is 15.0. The van der Waals surface area contributed by atoms with Gasteiger partial charge < -0.3 is 15.7 Å². The van der Waals surface area contributed by atoms with Gasteiger partial charge in [-0.3, -0.25) is 0 Å². The molecule has 8 atom stereocenters. The highest BCUT2D eigenvalue weighted by Gasteiger charge is 2.69. The van der Waals surface area contributed by atoms with Gasteiger partial charge in [0.05, 0.1) is 5.56 Å². The first-order chi connectivity index (χ1) is 22.4. The van der Waals surface area contributed by atoms with Gasteiger partial charge in [-0.1, -0.05) is 59.2 Å². The Morgan fingerprint density at radius 2 is 1.66 bits per heavy atom. The number of nitrogens with one attached hydrogen (secondary N) is 2. The molecular formula is C41H57N3O2S. The van der Waals surface area contributed by atoms with Gasteiger partial charge in [-0.2, -0.15) is 0 Å². The summed E-state index contributed by atoms with van der Waals surface area (Å²) < 4.78 is 0. The standard InChI is InChI=1S/C41H57N3O2S/c1-37(2)30(27-9-11-28(12-10-27)36(45)46)17-20-38(3)33(37)18-21-40(5)34(38)15-14-31-32-8-7-19-41(32,23-22-39(31,40)4)44-25-24-42-35-16-13-29(47-6)26-43-35/h9-13,16-17,26,31-34,44H,7-8,14-15,18-25H2,1-6H3,(H,42,43)(H,45,46)/t31?,32?,33?,34?,38?,39-,40?,41?/m1/s1. The lowest BCUT2D eigenvalue weighted by Gasteiger charge is -2.72. The number of carboxylic acid groups (broad SMARTS) is 1. The Balaban J connectivity index is 1.09. The van der Waals surface area contributed by atoms with Gasteiger partial charge in [0.15, 0.2) is 0 Å². The summed E-state index contributed by atoms with van der Waals surface area (Å²) in [4.78, 5) is 17.3. The van der Waals surface area contributed by atoms with Gasteiger partial charge >= 0.3 is 5.97 Å². The normalized spacial score (nSPS) is 38.7. The van der Waals surface area contributed by atoms with Gasteiger partial charge in [0.1, 0.15) is 5.82 Å². The first-order valence-corrected chi connectivity index (χ1v) is 19.6. The topological polar surface area (TPSA) is 74.2 Å². The average Bonchev–Trinajstić information content (AvgIpc) is 3.48. The van der Waals surface area contributed by atoms with Crippen LogP contribution in [-0.2, 0) is 0 Å². The highest BCUT2D eigenvalue weighted by atomic mass is 32.2. The molecule has 0 aliphatic heterocycles. The lowest BCUT2D eigenvalue weighted by Crippen LogP contribution is -2.67. The molecule has 6 heteroatoms. The minimum absolute atomic E-state index is 0.0501. The van der Waals surface area contributed by atoms with E-state index < -0.39 is 5.97 Å². The van der Waals surface area contributed by atoms with Crippen LogP contribution in [0.15, 0.2) is 53.6 Å². The molecule has 7 rings (SSSR count). The van der Waals surface area contributed by atoms with Gasteiger partial charge in [-0.15, -0.1) is 11.8 Å². The van der Waals surface area contributed by atoms with E-state index in [0.29, 0.717) is 27.9 Å². The quantitative estimate of drug-likeness (QED) is 0.194. The van der Waals surface area contributed by atoms with E-state index >= 15 is 0 Å². The van der Waals surface area contributed by atoms with Crippen LogP contribution in [0, 0.1) is 45.3 Å². The van der Waals surface area contributed by atoms with Crippen LogP contribution in [-0.4, -0.2) is 40.9 Å². The van der Waals surface area contributed by atoms with E-state index in [9.17, 15) is 9.90 Å². The number of hydrogen-bond acceptors (Lipinski definition) is 5. The minimum atomic E-state index is -0.854. The molecule has 0 saturated heterocycles. The second-order valence-electron chi connectivity index (χ2n) is 17.2. The number of rotatable bonds is 8. The molecule has 3 N–H and O–H groups in total. The third-order valence-corrected chi connectivity index (χ3v) is 16.0. The zero-order valence-corrected chi connectivity index (χ0v) is 30.4. The Morgan fingerprint density at radius 3 is 2.36 bits per heavy atom. The Bertz CT molecular complexity index is 1520. The first kappa shape index (κ1) is 33.2. The monoisotopic (exact) mass is 655 g/mol. The minimum Gasteiger partial charge on any atom is -0.478 e. The molecule has 47 heavy (non-hydrogen) atoms. The second-order valence-corrected chi connectivity index (χ2v) is 18.1. The van der Waals surface area contributed by atoms with Crippen molar-refractivity contribution in [2.45, 2.75) is 109 Å². The summed E-state index contributed by atoms with van der Waals surface area (Å²) in [6, 6.07) is 11.9. The van der Waals surface area contributed by atoms with E-state index in [1.54, 1.807) is 23.9 Å². The predicted molar refractivity (Wildman–Crippen MR) is 195 cm³/mol. The number of aromatic carboxylic acids is 1. The van der Waals surface area contributed by atoms with E-state index in [1.165, 1.54) is 73.8 Å². The summed E-state index contributed by atoms with van der Waals surface area (Å²) in [6.07, 6.45) is 19.9. The van der Waals surface area contributed by atoms with Crippen LogP contribution < -0.4 is 10.6 Å². The number of aromatic nitrogens is 1. The number of fused-ring (bicyclic) bond motifs is 7. The lowest BCUT2D eigenvalue weighted by atomic mass is 9.33. The molecular weight excluding hydrogens is 599 g/mol. The molecule has 5 nitrogen and oxygen atoms in total. The summed E-state index contributed by atoms with van der Waals surface area (Å²) >= 11 is 1.73. The Kier molecular flexibility index (Phi) is 8.43. The van der Waals surface area contributed by atoms with E-state index in [1.807, 2.05) is 18.3 Å². The maximum Gasteiger partial charge on any atom is 0.335 e. The average molecular weight is 656 g/mol. The SMILES string of the molecule is CSc1ccc(NCCNC23CCCC2C2CCC4C5(C)CC=C(c6ccc(C(=O)O)cc6)C(C)(C)C5CCC4(C)[C@]2(C)CC3)nc1. The molecule has 0 radical (unpaired) electrons. The molecule has 0 bridgehead atoms. The zero-order chi connectivity index (χ0) is 33.2. The van der Waals surface area contributed by atoms with E-state index in [2.05, 4.69) is 74.7 Å². The number of carboxylic acids is 1. The van der Waals surface area contributed by atoms with Gasteiger partial charge in [0.25, 0.3) is 0 Å². The number of carbonyl (C=O) groups is 1. The third-order valence-electron chi connectivity index (χ3n) is 15.3. The molecule has 5 aliphatic carbocycles. The van der Waals surface area contributed by atoms with Crippen molar-refractivity contribution in [1.82, 2.24) is 10.3 Å². The van der Waals surface area contributed by atoms with Crippen LogP contribution >= 0.6 is 11.8 Å². The second kappa shape index (κ2) is 11.9. The summed E-state index contributed by atoms with van der Waals surface area (Å²) in [5, 5.41) is 17.2. The molecule has 1 aromatic carbocycles. The van der Waals surface area contributed by atoms with Crippen LogP contribution in [0.1, 0.15) is 115 Å². The molecule has 0 amide bonds. The van der Waals surface area contributed by atoms with Crippen LogP contribution in [0.25, 0.3) is 5.57 Å². The predicted octanol–water partition coefficient (Wildman–Crippen LogP) is 9.80. The van der Waals surface area contributed by atoms with Gasteiger partial charge in [0.2, 0.25) is 0 Å². The fourth-order valence-electron chi connectivity index (χ4n) is 12.9. The summed E-state index contributed by atoms with van der Waals surface area (Å²) in [7, 11) is 0. The maximum atomic E-state index is 11.5. The van der Waals surface area contributed by atoms with Gasteiger partial charge in [-0.05, 0) is 145 Å². The molecule has 7 unspecified atom stereocenters. The van der Waals surface area contributed by atoms with Crippen LogP contribution in [0.2, 0.25) is 0 Å². The van der Waals surface area contributed by atoms with Gasteiger partial charge in [0, 0.05) is 29.7 Å². The molecule has 254 valence electrons. The van der Waals surface area contributed by atoms with Gasteiger partial charge in [-0.25, -0.2) is 9.78 Å². The molecule has 2 aromatic rings. The Morgan fingerprint density at radius 1 is 0.872 bits per heavy atom. The highest BCUT2D eigenvalue weighted by Crippen LogP contribution is 2.76. The number of nitrogens with zero attached hydrogens (tertiary/aromatic N) is 1. The maximum absolute atomic E-state index is 11.5. The molecule has 4 saturated carbocycles. The number of hydrogen-bond donors (Lipinski definition) is 3. The number of benzene rings is 1. The molecule has 1 aromatic heterocycles. The fraction of sp³-hybridized carbons (Fsp3) is 0.659. The van der Waals surface area contributed by atoms with Crippen molar-refractivity contribution < 1.29 is 9.90 Å². The van der Waals surface area contributed by atoms with Crippen molar-refractivity contribution in [3.8, 4) is 0 Å². The van der Waals surface area contributed by atoms with Crippen molar-refractivity contribution in [3.05, 3.63) is 59.8 Å². The highest BCUT2D eigenvalue weighted by molar-refractivity contribution is 7.98. The molecule has 0 spiro atoms. The number of pyridine rings is 1. The van der Waals surface area contributed by atoms with E-state index in [0.717, 1.165) is 43.1 Å². The van der Waals surface area contributed by atoms with Crippen molar-refractivity contribution >= 4 is 29.1 Å². The van der Waals surface area contributed by atoms with Crippen LogP contribution in [0.5, 0.6) is 0 Å². The molecule has 4 fully saturated rings. The summed E-state index contributed by atoms with van der Waals surface area (Å²) in [5.41, 5.74) is 4.35. The fourth-order valence-corrected chi connectivity index (χ4v) is 13.2. The number of allylic oxidation sites excluding steroid dienone is 2. The smallest absolute Gasteiger partial charge is 0.335 e. The van der Waals surface area contributed by atoms with Crippen LogP contribution in [0.3, 0.4) is 0 Å². The first-order valence-electron chi connectivity index (χ1n) is 18.4. The Hall–Kier alpha value is -2.31. The molecule has 5 aliphatic rings. The number of anilines is 1. The largest absolute Gasteiger partial charge is 0.478 e. The Labute approximate surface area is 287 Å². The van der Waals surface area contributed by atoms with Crippen LogP contribution in [0.4, 0.5) is 5.82 Å². The lowest BCUT2D eigenvalue weighted by molar-refractivity contribution is -0.216. The van der Waals surface area contributed by atoms with Crippen molar-refractivity contribution in [3.63, 3.8) is 0 Å². The van der Waals surface area contributed by atoms with E-state index in [4.69, 9.17) is 0 Å². The zero-order valence-electron chi connectivity index (χ0n) is 29.6. The number of thioether (sulfide) groups is 1. The van der Waals surface area contributed by atoms with Crippen molar-refractivity contribution in [2.24, 2.45) is 45.3 Å². The third kappa shape index (κ3) is 5.13.